The Morgan fingerprint density at radius 3 is 2.50 bits per heavy atom. The maximum absolute atomic E-state index is 12.4. The number of rotatable bonds is 6. The third kappa shape index (κ3) is 5.03. The summed E-state index contributed by atoms with van der Waals surface area (Å²) in [4.78, 5) is 19.5. The van der Waals surface area contributed by atoms with Gasteiger partial charge in [0.15, 0.2) is 5.82 Å². The summed E-state index contributed by atoms with van der Waals surface area (Å²) in [7, 11) is 0. The topological polar surface area (TPSA) is 63.1 Å². The lowest BCUT2D eigenvalue weighted by Crippen LogP contribution is -2.40. The van der Waals surface area contributed by atoms with Gasteiger partial charge in [-0.1, -0.05) is 50.2 Å². The predicted molar refractivity (Wildman–Crippen MR) is 161 cm³/mol. The van der Waals surface area contributed by atoms with E-state index in [1.807, 2.05) is 48.7 Å². The van der Waals surface area contributed by atoms with E-state index in [2.05, 4.69) is 65.9 Å². The van der Waals surface area contributed by atoms with Crippen molar-refractivity contribution in [2.75, 3.05) is 18.4 Å². The van der Waals surface area contributed by atoms with Crippen LogP contribution in [0, 0.1) is 19.8 Å². The Morgan fingerprint density at radius 1 is 0.975 bits per heavy atom. The number of anilines is 1. The predicted octanol–water partition coefficient (Wildman–Crippen LogP) is 7.01. The zero-order valence-corrected chi connectivity index (χ0v) is 24.0. The van der Waals surface area contributed by atoms with Gasteiger partial charge in [0, 0.05) is 42.1 Å². The highest BCUT2D eigenvalue weighted by Gasteiger charge is 2.28. The Labute approximate surface area is 237 Å². The average molecular weight is 534 g/mol. The molecule has 6 heteroatoms. The minimum Gasteiger partial charge on any atom is -0.378 e. The Hall–Kier alpha value is -3.93. The summed E-state index contributed by atoms with van der Waals surface area (Å²) in [5.41, 5.74) is 9.85. The van der Waals surface area contributed by atoms with Gasteiger partial charge in [-0.3, -0.25) is 4.79 Å². The highest BCUT2D eigenvalue weighted by molar-refractivity contribution is 5.78. The van der Waals surface area contributed by atoms with Gasteiger partial charge in [-0.2, -0.15) is 5.10 Å². The van der Waals surface area contributed by atoms with Gasteiger partial charge in [0.05, 0.1) is 11.7 Å². The molecule has 2 aliphatic rings. The van der Waals surface area contributed by atoms with Crippen LogP contribution in [0.4, 0.5) is 5.69 Å². The van der Waals surface area contributed by atoms with Crippen molar-refractivity contribution in [2.45, 2.75) is 65.3 Å². The second-order valence-corrected chi connectivity index (χ2v) is 11.7. The third-order valence-corrected chi connectivity index (χ3v) is 8.66. The zero-order valence-electron chi connectivity index (χ0n) is 24.0. The summed E-state index contributed by atoms with van der Waals surface area (Å²) in [6, 6.07) is 21.9. The molecule has 40 heavy (non-hydrogen) atoms. The van der Waals surface area contributed by atoms with Gasteiger partial charge < -0.3 is 10.2 Å². The average Bonchev–Trinajstić information content (AvgIpc) is 3.59. The molecule has 0 radical (unpaired) electrons. The standard InChI is InChI=1S/C34H39N5O/c1-22(2)34(40)38-19-16-25(17-20-38)27-12-13-29(23(3)21-27)36-31-14-11-26-7-5-8-28(33(26)31)30-9-6-10-32(37-30)39-24(4)15-18-35-39/h5-10,12-13,15,18,21-22,25,31,36H,11,14,16-17,19-20H2,1-4H3. The zero-order chi connectivity index (χ0) is 27.8. The van der Waals surface area contributed by atoms with E-state index in [1.165, 1.54) is 33.5 Å². The SMILES string of the molecule is Cc1cc(C2CCN(C(=O)C(C)C)CC2)ccc1NC1CCc2cccc(-c3cccc(-n4nccc4C)n3)c21. The van der Waals surface area contributed by atoms with Crippen LogP contribution >= 0.6 is 0 Å². The van der Waals surface area contributed by atoms with E-state index in [1.54, 1.807) is 0 Å². The van der Waals surface area contributed by atoms with Gasteiger partial charge in [-0.05, 0) is 92.0 Å². The molecular weight excluding hydrogens is 494 g/mol. The molecular formula is C34H39N5O. The molecule has 1 saturated heterocycles. The van der Waals surface area contributed by atoms with E-state index in [9.17, 15) is 4.79 Å². The molecule has 1 aliphatic carbocycles. The second kappa shape index (κ2) is 10.9. The molecule has 3 heterocycles. The third-order valence-electron chi connectivity index (χ3n) is 8.66. The Morgan fingerprint density at radius 2 is 1.77 bits per heavy atom. The van der Waals surface area contributed by atoms with Gasteiger partial charge in [0.25, 0.3) is 0 Å². The number of nitrogens with one attached hydrogen (secondary N) is 1. The van der Waals surface area contributed by atoms with Crippen molar-refractivity contribution < 1.29 is 4.79 Å². The van der Waals surface area contributed by atoms with Crippen LogP contribution < -0.4 is 5.32 Å². The van der Waals surface area contributed by atoms with Crippen LogP contribution in [-0.2, 0) is 11.2 Å². The smallest absolute Gasteiger partial charge is 0.225 e. The van der Waals surface area contributed by atoms with Crippen LogP contribution in [0.15, 0.2) is 66.9 Å². The number of benzene rings is 2. The van der Waals surface area contributed by atoms with Gasteiger partial charge >= 0.3 is 0 Å². The fraction of sp³-hybridized carbons (Fsp3) is 0.382. The first-order chi connectivity index (χ1) is 19.4. The van der Waals surface area contributed by atoms with Gasteiger partial charge in [0.1, 0.15) is 0 Å². The van der Waals surface area contributed by atoms with Gasteiger partial charge in [-0.15, -0.1) is 0 Å². The van der Waals surface area contributed by atoms with Crippen molar-refractivity contribution in [3.63, 3.8) is 0 Å². The number of hydrogen-bond donors (Lipinski definition) is 1. The van der Waals surface area contributed by atoms with Crippen LogP contribution in [0.25, 0.3) is 17.1 Å². The molecule has 0 bridgehead atoms. The molecule has 6 rings (SSSR count). The number of likely N-dealkylation sites (tertiary alicyclic amines) is 1. The van der Waals surface area contributed by atoms with Gasteiger partial charge in [0.2, 0.25) is 5.91 Å². The van der Waals surface area contributed by atoms with Crippen LogP contribution in [-0.4, -0.2) is 38.7 Å². The first-order valence-corrected chi connectivity index (χ1v) is 14.6. The van der Waals surface area contributed by atoms with E-state index in [0.717, 1.165) is 56.0 Å². The second-order valence-electron chi connectivity index (χ2n) is 11.7. The lowest BCUT2D eigenvalue weighted by atomic mass is 9.88. The summed E-state index contributed by atoms with van der Waals surface area (Å²) in [5, 5.41) is 8.35. The van der Waals surface area contributed by atoms with Crippen molar-refractivity contribution in [1.82, 2.24) is 19.7 Å². The number of fused-ring (bicyclic) bond motifs is 1. The maximum Gasteiger partial charge on any atom is 0.225 e. The Bertz CT molecular complexity index is 1530. The first kappa shape index (κ1) is 26.3. The van der Waals surface area contributed by atoms with Crippen LogP contribution in [0.3, 0.4) is 0 Å². The van der Waals surface area contributed by atoms with Crippen molar-refractivity contribution >= 4 is 11.6 Å². The minimum atomic E-state index is 0.0747. The number of piperidine rings is 1. The number of amides is 1. The number of aromatic nitrogens is 3. The van der Waals surface area contributed by atoms with Crippen LogP contribution in [0.5, 0.6) is 0 Å². The highest BCUT2D eigenvalue weighted by atomic mass is 16.2. The van der Waals surface area contributed by atoms with Crippen LogP contribution in [0.1, 0.15) is 73.0 Å². The summed E-state index contributed by atoms with van der Waals surface area (Å²) in [5.74, 6) is 1.71. The van der Waals surface area contributed by atoms with E-state index in [-0.39, 0.29) is 17.9 Å². The molecule has 1 amide bonds. The largest absolute Gasteiger partial charge is 0.378 e. The van der Waals surface area contributed by atoms with Crippen molar-refractivity contribution in [1.29, 1.82) is 0 Å². The lowest BCUT2D eigenvalue weighted by Gasteiger charge is -2.33. The highest BCUT2D eigenvalue weighted by Crippen LogP contribution is 2.41. The Kier molecular flexibility index (Phi) is 7.18. The molecule has 4 aromatic rings. The summed E-state index contributed by atoms with van der Waals surface area (Å²) >= 11 is 0. The van der Waals surface area contributed by atoms with E-state index in [4.69, 9.17) is 4.98 Å². The molecule has 6 nitrogen and oxygen atoms in total. The normalized spacial score (nSPS) is 17.3. The van der Waals surface area contributed by atoms with Gasteiger partial charge in [-0.25, -0.2) is 9.67 Å². The molecule has 1 atom stereocenters. The van der Waals surface area contributed by atoms with Crippen LogP contribution in [0.2, 0.25) is 0 Å². The molecule has 206 valence electrons. The first-order valence-electron chi connectivity index (χ1n) is 14.6. The summed E-state index contributed by atoms with van der Waals surface area (Å²) < 4.78 is 1.89. The molecule has 1 aliphatic heterocycles. The van der Waals surface area contributed by atoms with Crippen molar-refractivity contribution in [3.8, 4) is 17.1 Å². The molecule has 1 fully saturated rings. The summed E-state index contributed by atoms with van der Waals surface area (Å²) in [6.07, 6.45) is 6.01. The molecule has 2 aromatic heterocycles. The quantitative estimate of drug-likeness (QED) is 0.290. The number of hydrogen-bond acceptors (Lipinski definition) is 4. The number of nitrogens with zero attached hydrogens (tertiary/aromatic N) is 4. The van der Waals surface area contributed by atoms with E-state index < -0.39 is 0 Å². The molecule has 2 aromatic carbocycles. The van der Waals surface area contributed by atoms with E-state index >= 15 is 0 Å². The molecule has 0 spiro atoms. The monoisotopic (exact) mass is 533 g/mol. The fourth-order valence-corrected chi connectivity index (χ4v) is 6.44. The number of carbonyl (C=O) groups excluding carboxylic acids is 1. The number of pyridine rings is 1. The Balaban J connectivity index is 1.21. The minimum absolute atomic E-state index is 0.0747. The lowest BCUT2D eigenvalue weighted by molar-refractivity contribution is -0.135. The fourth-order valence-electron chi connectivity index (χ4n) is 6.44. The van der Waals surface area contributed by atoms with E-state index in [0.29, 0.717) is 5.92 Å². The molecule has 1 N–H and O–H groups in total. The molecule has 1 unspecified atom stereocenters. The number of aryl methyl sites for hydroxylation is 3. The maximum atomic E-state index is 12.4. The van der Waals surface area contributed by atoms with Crippen molar-refractivity contribution in [3.05, 3.63) is 94.8 Å². The van der Waals surface area contributed by atoms with Crippen molar-refractivity contribution in [2.24, 2.45) is 5.92 Å². The molecule has 0 saturated carbocycles. The number of carbonyl (C=O) groups is 1. The summed E-state index contributed by atoms with van der Waals surface area (Å²) in [6.45, 7) is 9.96.